The van der Waals surface area contributed by atoms with Crippen molar-refractivity contribution in [2.75, 3.05) is 0 Å². The summed E-state index contributed by atoms with van der Waals surface area (Å²) in [6, 6.07) is 16.9. The summed E-state index contributed by atoms with van der Waals surface area (Å²) >= 11 is 18.8. The molecule has 1 aromatic heterocycles. The smallest absolute Gasteiger partial charge is 0.0998 e. The Kier molecular flexibility index (Phi) is 5.44. The Labute approximate surface area is 167 Å². The molecule has 0 fully saturated rings. The molecule has 2 nitrogen and oxygen atoms in total. The zero-order valence-corrected chi connectivity index (χ0v) is 16.5. The second-order valence-electron chi connectivity index (χ2n) is 5.91. The van der Waals surface area contributed by atoms with E-state index in [0.29, 0.717) is 26.2 Å². The number of aromatic nitrogens is 1. The summed E-state index contributed by atoms with van der Waals surface area (Å²) < 4.78 is 2.03. The zero-order valence-electron chi connectivity index (χ0n) is 14.2. The summed E-state index contributed by atoms with van der Waals surface area (Å²) in [5.41, 5.74) is 4.91. The number of halogens is 3. The van der Waals surface area contributed by atoms with Crippen LogP contribution in [0.1, 0.15) is 22.5 Å². The van der Waals surface area contributed by atoms with E-state index in [1.807, 2.05) is 54.8 Å². The van der Waals surface area contributed by atoms with Gasteiger partial charge in [-0.1, -0.05) is 53.0 Å². The standard InChI is InChI=1S/C21H15Cl3N2/c1-13-9-15(10-16(12-25)18-5-3-4-6-19(18)23)14(2)26(13)21-11-17(22)7-8-20(21)24/h3-11H,1-2H3. The van der Waals surface area contributed by atoms with Crippen LogP contribution < -0.4 is 0 Å². The lowest BCUT2D eigenvalue weighted by atomic mass is 10.0. The van der Waals surface area contributed by atoms with Crippen LogP contribution in [-0.4, -0.2) is 4.57 Å². The molecule has 130 valence electrons. The predicted molar refractivity (Wildman–Crippen MR) is 110 cm³/mol. The van der Waals surface area contributed by atoms with E-state index < -0.39 is 0 Å². The highest BCUT2D eigenvalue weighted by Gasteiger charge is 2.14. The fourth-order valence-electron chi connectivity index (χ4n) is 2.97. The number of nitrogens with zero attached hydrogens (tertiary/aromatic N) is 2. The highest BCUT2D eigenvalue weighted by atomic mass is 35.5. The quantitative estimate of drug-likeness (QED) is 0.429. The lowest BCUT2D eigenvalue weighted by molar-refractivity contribution is 0.965. The van der Waals surface area contributed by atoms with Gasteiger partial charge in [0.2, 0.25) is 0 Å². The first-order valence-electron chi connectivity index (χ1n) is 7.93. The van der Waals surface area contributed by atoms with Crippen molar-refractivity contribution in [1.29, 1.82) is 5.26 Å². The largest absolute Gasteiger partial charge is 0.316 e. The van der Waals surface area contributed by atoms with Gasteiger partial charge < -0.3 is 4.57 Å². The van der Waals surface area contributed by atoms with Gasteiger partial charge in [0.05, 0.1) is 22.4 Å². The summed E-state index contributed by atoms with van der Waals surface area (Å²) in [6.45, 7) is 3.97. The first-order valence-corrected chi connectivity index (χ1v) is 9.07. The van der Waals surface area contributed by atoms with E-state index in [-0.39, 0.29) is 0 Å². The van der Waals surface area contributed by atoms with Gasteiger partial charge in [0.25, 0.3) is 0 Å². The molecule has 3 aromatic rings. The summed E-state index contributed by atoms with van der Waals surface area (Å²) in [5.74, 6) is 0. The fourth-order valence-corrected chi connectivity index (χ4v) is 3.57. The summed E-state index contributed by atoms with van der Waals surface area (Å²) in [7, 11) is 0. The molecule has 0 amide bonds. The van der Waals surface area contributed by atoms with Gasteiger partial charge >= 0.3 is 0 Å². The maximum Gasteiger partial charge on any atom is 0.0998 e. The predicted octanol–water partition coefficient (Wildman–Crippen LogP) is 7.12. The Morgan fingerprint density at radius 3 is 2.42 bits per heavy atom. The Balaban J connectivity index is 2.15. The minimum absolute atomic E-state index is 0.507. The van der Waals surface area contributed by atoms with E-state index >= 15 is 0 Å². The highest BCUT2D eigenvalue weighted by molar-refractivity contribution is 6.34. The van der Waals surface area contributed by atoms with Gasteiger partial charge in [0, 0.05) is 27.0 Å². The van der Waals surface area contributed by atoms with Crippen molar-refractivity contribution in [3.05, 3.63) is 86.1 Å². The molecule has 0 aliphatic rings. The van der Waals surface area contributed by atoms with Crippen LogP contribution in [0.4, 0.5) is 0 Å². The molecule has 0 unspecified atom stereocenters. The maximum absolute atomic E-state index is 9.61. The summed E-state index contributed by atoms with van der Waals surface area (Å²) in [6.07, 6.45) is 1.85. The molecule has 0 atom stereocenters. The van der Waals surface area contributed by atoms with Gasteiger partial charge in [-0.2, -0.15) is 5.26 Å². The molecule has 0 aliphatic carbocycles. The molecule has 0 spiro atoms. The molecular formula is C21H15Cl3N2. The number of aryl methyl sites for hydroxylation is 1. The van der Waals surface area contributed by atoms with E-state index in [4.69, 9.17) is 34.8 Å². The molecule has 26 heavy (non-hydrogen) atoms. The van der Waals surface area contributed by atoms with Crippen LogP contribution >= 0.6 is 34.8 Å². The van der Waals surface area contributed by atoms with Crippen molar-refractivity contribution in [1.82, 2.24) is 4.57 Å². The third-order valence-electron chi connectivity index (χ3n) is 4.20. The van der Waals surface area contributed by atoms with Gasteiger partial charge in [0.1, 0.15) is 0 Å². The summed E-state index contributed by atoms with van der Waals surface area (Å²) in [4.78, 5) is 0. The van der Waals surface area contributed by atoms with E-state index in [0.717, 1.165) is 22.6 Å². The van der Waals surface area contributed by atoms with Gasteiger partial charge in [-0.3, -0.25) is 0 Å². The Morgan fingerprint density at radius 2 is 1.73 bits per heavy atom. The average molecular weight is 402 g/mol. The lowest BCUT2D eigenvalue weighted by Crippen LogP contribution is -2.00. The van der Waals surface area contributed by atoms with Gasteiger partial charge in [0.15, 0.2) is 0 Å². The second kappa shape index (κ2) is 7.60. The van der Waals surface area contributed by atoms with Gasteiger partial charge in [-0.05, 0) is 55.8 Å². The molecule has 0 bridgehead atoms. The maximum atomic E-state index is 9.61. The van der Waals surface area contributed by atoms with Crippen molar-refractivity contribution in [2.24, 2.45) is 0 Å². The number of allylic oxidation sites excluding steroid dienone is 1. The van der Waals surface area contributed by atoms with Crippen molar-refractivity contribution in [3.63, 3.8) is 0 Å². The summed E-state index contributed by atoms with van der Waals surface area (Å²) in [5, 5.41) is 11.4. The molecule has 0 saturated heterocycles. The van der Waals surface area contributed by atoms with Crippen LogP contribution in [-0.2, 0) is 0 Å². The van der Waals surface area contributed by atoms with E-state index in [2.05, 4.69) is 6.07 Å². The van der Waals surface area contributed by atoms with E-state index in [9.17, 15) is 5.26 Å². The third kappa shape index (κ3) is 3.52. The second-order valence-corrected chi connectivity index (χ2v) is 7.16. The molecule has 0 N–H and O–H groups in total. The van der Waals surface area contributed by atoms with Crippen molar-refractivity contribution in [2.45, 2.75) is 13.8 Å². The van der Waals surface area contributed by atoms with Crippen molar-refractivity contribution in [3.8, 4) is 11.8 Å². The van der Waals surface area contributed by atoms with Crippen LogP contribution in [0.2, 0.25) is 15.1 Å². The lowest BCUT2D eigenvalue weighted by Gasteiger charge is -2.12. The van der Waals surface area contributed by atoms with E-state index in [1.54, 1.807) is 18.2 Å². The topological polar surface area (TPSA) is 28.7 Å². The molecule has 0 radical (unpaired) electrons. The number of hydrogen-bond donors (Lipinski definition) is 0. The minimum Gasteiger partial charge on any atom is -0.316 e. The van der Waals surface area contributed by atoms with Crippen LogP contribution in [0.15, 0.2) is 48.5 Å². The van der Waals surface area contributed by atoms with E-state index in [1.165, 1.54) is 0 Å². The van der Waals surface area contributed by atoms with Gasteiger partial charge in [-0.15, -0.1) is 0 Å². The normalized spacial score (nSPS) is 11.5. The first-order chi connectivity index (χ1) is 12.4. The Morgan fingerprint density at radius 1 is 1.00 bits per heavy atom. The minimum atomic E-state index is 0.507. The first kappa shape index (κ1) is 18.6. The zero-order chi connectivity index (χ0) is 18.8. The van der Waals surface area contributed by atoms with Gasteiger partial charge in [-0.25, -0.2) is 0 Å². The Hall–Kier alpha value is -2.18. The molecule has 2 aromatic carbocycles. The third-order valence-corrected chi connectivity index (χ3v) is 5.09. The number of nitriles is 1. The fraction of sp³-hybridized carbons (Fsp3) is 0.0952. The van der Waals surface area contributed by atoms with Crippen molar-refractivity contribution < 1.29 is 0 Å². The monoisotopic (exact) mass is 400 g/mol. The van der Waals surface area contributed by atoms with Crippen LogP contribution in [0.3, 0.4) is 0 Å². The molecule has 5 heteroatoms. The number of rotatable bonds is 3. The Bertz CT molecular complexity index is 1060. The number of benzene rings is 2. The molecular weight excluding hydrogens is 387 g/mol. The SMILES string of the molecule is Cc1cc(C=C(C#N)c2ccccc2Cl)c(C)n1-c1cc(Cl)ccc1Cl. The molecule has 1 heterocycles. The number of hydrogen-bond acceptors (Lipinski definition) is 1. The average Bonchev–Trinajstić information content (AvgIpc) is 2.89. The van der Waals surface area contributed by atoms with Crippen LogP contribution in [0.5, 0.6) is 0 Å². The van der Waals surface area contributed by atoms with Crippen molar-refractivity contribution >= 4 is 46.5 Å². The molecule has 0 aliphatic heterocycles. The highest BCUT2D eigenvalue weighted by Crippen LogP contribution is 2.31. The van der Waals surface area contributed by atoms with Crippen LogP contribution in [0, 0.1) is 25.2 Å². The molecule has 3 rings (SSSR count). The van der Waals surface area contributed by atoms with Crippen LogP contribution in [0.25, 0.3) is 17.3 Å². The molecule has 0 saturated carbocycles.